The van der Waals surface area contributed by atoms with Gasteiger partial charge in [-0.25, -0.2) is 0 Å². The third kappa shape index (κ3) is 17.2. The Bertz CT molecular complexity index is 229. The lowest BCUT2D eigenvalue weighted by Crippen LogP contribution is -1.88. The van der Waals surface area contributed by atoms with Crippen LogP contribution < -0.4 is 0 Å². The van der Waals surface area contributed by atoms with E-state index in [2.05, 4.69) is 58.9 Å². The van der Waals surface area contributed by atoms with Crippen molar-refractivity contribution in [3.05, 3.63) is 35.4 Å². The molecule has 0 spiro atoms. The van der Waals surface area contributed by atoms with Crippen LogP contribution in [0.4, 0.5) is 0 Å². The summed E-state index contributed by atoms with van der Waals surface area (Å²) < 4.78 is 0. The van der Waals surface area contributed by atoms with Gasteiger partial charge in [-0.3, -0.25) is 0 Å². The molecule has 0 heteroatoms. The highest BCUT2D eigenvalue weighted by Crippen LogP contribution is 2.07. The lowest BCUT2D eigenvalue weighted by Gasteiger charge is -2.02. The predicted octanol–water partition coefficient (Wildman–Crippen LogP) is 7.19. The summed E-state index contributed by atoms with van der Waals surface area (Å²) in [5.74, 6) is 0.949. The molecule has 0 aromatic heterocycles. The predicted molar refractivity (Wildman–Crippen MR) is 93.0 cm³/mol. The van der Waals surface area contributed by atoms with Gasteiger partial charge in [0.05, 0.1) is 0 Å². The van der Waals surface area contributed by atoms with E-state index in [1.165, 1.54) is 30.4 Å². The lowest BCUT2D eigenvalue weighted by molar-refractivity contribution is 0.509. The molecular formula is C19H38. The van der Waals surface area contributed by atoms with Gasteiger partial charge < -0.3 is 0 Å². The third-order valence-electron chi connectivity index (χ3n) is 2.90. The van der Waals surface area contributed by atoms with E-state index in [0.29, 0.717) is 0 Å². The largest absolute Gasteiger partial charge is 0.0683 e. The van der Waals surface area contributed by atoms with E-state index in [9.17, 15) is 0 Å². The van der Waals surface area contributed by atoms with Gasteiger partial charge in [-0.1, -0.05) is 92.0 Å². The third-order valence-corrected chi connectivity index (χ3v) is 2.90. The Hall–Kier alpha value is -0.780. The van der Waals surface area contributed by atoms with Gasteiger partial charge in [0.1, 0.15) is 0 Å². The fourth-order valence-electron chi connectivity index (χ4n) is 1.36. The summed E-state index contributed by atoms with van der Waals surface area (Å²) in [6, 6.07) is 8.36. The minimum Gasteiger partial charge on any atom is -0.0683 e. The molecule has 0 N–H and O–H groups in total. The quantitative estimate of drug-likeness (QED) is 0.543. The lowest BCUT2D eigenvalue weighted by atomic mass is 10.0. The summed E-state index contributed by atoms with van der Waals surface area (Å²) in [4.78, 5) is 0. The van der Waals surface area contributed by atoms with E-state index in [-0.39, 0.29) is 0 Å². The zero-order chi connectivity index (χ0) is 15.7. The minimum atomic E-state index is 0.949. The van der Waals surface area contributed by atoms with Crippen LogP contribution in [-0.2, 0) is 0 Å². The Kier molecular flexibility index (Phi) is 24.0. The molecule has 0 amide bonds. The molecule has 1 aromatic rings. The maximum absolute atomic E-state index is 2.31. The molecule has 19 heavy (non-hydrogen) atoms. The molecule has 114 valence electrons. The summed E-state index contributed by atoms with van der Waals surface area (Å²) in [7, 11) is 0. The number of aryl methyl sites for hydroxylation is 2. The summed E-state index contributed by atoms with van der Waals surface area (Å²) in [6.45, 7) is 19.0. The van der Waals surface area contributed by atoms with Crippen LogP contribution in [0.5, 0.6) is 0 Å². The monoisotopic (exact) mass is 266 g/mol. The van der Waals surface area contributed by atoms with E-state index in [1.807, 2.05) is 27.7 Å². The highest BCUT2D eigenvalue weighted by atomic mass is 14.0. The van der Waals surface area contributed by atoms with Crippen molar-refractivity contribution >= 4 is 0 Å². The van der Waals surface area contributed by atoms with Gasteiger partial charge in [0.2, 0.25) is 0 Å². The second-order valence-corrected chi connectivity index (χ2v) is 4.39. The van der Waals surface area contributed by atoms with E-state index in [0.717, 1.165) is 5.92 Å². The molecule has 0 saturated heterocycles. The average molecular weight is 267 g/mol. The van der Waals surface area contributed by atoms with Gasteiger partial charge in [-0.15, -0.1) is 0 Å². The molecule has 0 saturated carbocycles. The Morgan fingerprint density at radius 2 is 1.21 bits per heavy atom. The van der Waals surface area contributed by atoms with Crippen LogP contribution >= 0.6 is 0 Å². The van der Waals surface area contributed by atoms with Crippen LogP contribution in [0.2, 0.25) is 0 Å². The Morgan fingerprint density at radius 1 is 0.842 bits per heavy atom. The molecular weight excluding hydrogens is 228 g/mol. The summed E-state index contributed by atoms with van der Waals surface area (Å²) in [5.41, 5.74) is 2.74. The van der Waals surface area contributed by atoms with Crippen LogP contribution in [0, 0.1) is 19.8 Å². The van der Waals surface area contributed by atoms with E-state index in [1.54, 1.807) is 0 Å². The molecule has 0 aliphatic heterocycles. The van der Waals surface area contributed by atoms with Crippen molar-refractivity contribution in [3.63, 3.8) is 0 Å². The van der Waals surface area contributed by atoms with Crippen LogP contribution in [0.25, 0.3) is 0 Å². The van der Waals surface area contributed by atoms with Crippen LogP contribution in [0.1, 0.15) is 78.9 Å². The van der Waals surface area contributed by atoms with Gasteiger partial charge in [-0.05, 0) is 30.9 Å². The number of hydrogen-bond acceptors (Lipinski definition) is 0. The number of benzene rings is 1. The van der Waals surface area contributed by atoms with Crippen molar-refractivity contribution in [1.29, 1.82) is 0 Å². The van der Waals surface area contributed by atoms with E-state index < -0.39 is 0 Å². The summed E-state index contributed by atoms with van der Waals surface area (Å²) in [5, 5.41) is 0. The number of rotatable bonds is 3. The molecule has 0 aliphatic rings. The fraction of sp³-hybridized carbons (Fsp3) is 0.684. The van der Waals surface area contributed by atoms with E-state index >= 15 is 0 Å². The topological polar surface area (TPSA) is 0 Å². The number of hydrogen-bond donors (Lipinski definition) is 0. The highest BCUT2D eigenvalue weighted by Gasteiger charge is 1.92. The first-order valence-corrected chi connectivity index (χ1v) is 8.14. The van der Waals surface area contributed by atoms with Gasteiger partial charge in [0, 0.05) is 0 Å². The van der Waals surface area contributed by atoms with Gasteiger partial charge in [0.25, 0.3) is 0 Å². The fourth-order valence-corrected chi connectivity index (χ4v) is 1.36. The molecule has 0 nitrogen and oxygen atoms in total. The molecule has 0 bridgehead atoms. The van der Waals surface area contributed by atoms with Crippen LogP contribution in [0.3, 0.4) is 0 Å². The van der Waals surface area contributed by atoms with Crippen LogP contribution in [0.15, 0.2) is 24.3 Å². The molecule has 1 unspecified atom stereocenters. The first-order valence-electron chi connectivity index (χ1n) is 8.14. The normalized spacial score (nSPS) is 9.74. The maximum Gasteiger partial charge on any atom is -0.0395 e. The average Bonchev–Trinajstić information content (AvgIpc) is 2.47. The standard InChI is InChI=1S/C8H10.C7H16.2C2H6/c1-7-5-3-4-6-8(7)2;1-4-6-7(3)5-2;2*1-2/h3-6H,1-2H3;7H,4-6H2,1-3H3;2*1-2H3. The van der Waals surface area contributed by atoms with E-state index in [4.69, 9.17) is 0 Å². The van der Waals surface area contributed by atoms with Crippen molar-refractivity contribution in [1.82, 2.24) is 0 Å². The molecule has 0 heterocycles. The molecule has 1 rings (SSSR count). The summed E-state index contributed by atoms with van der Waals surface area (Å²) in [6.07, 6.45) is 4.08. The van der Waals surface area contributed by atoms with Crippen LogP contribution in [-0.4, -0.2) is 0 Å². The van der Waals surface area contributed by atoms with Gasteiger partial charge in [-0.2, -0.15) is 0 Å². The Morgan fingerprint density at radius 3 is 1.37 bits per heavy atom. The smallest absolute Gasteiger partial charge is 0.0395 e. The molecule has 0 radical (unpaired) electrons. The second-order valence-electron chi connectivity index (χ2n) is 4.39. The van der Waals surface area contributed by atoms with Crippen molar-refractivity contribution in [2.45, 2.75) is 81.6 Å². The van der Waals surface area contributed by atoms with Crippen molar-refractivity contribution in [3.8, 4) is 0 Å². The second kappa shape index (κ2) is 19.6. The van der Waals surface area contributed by atoms with Crippen molar-refractivity contribution < 1.29 is 0 Å². The highest BCUT2D eigenvalue weighted by molar-refractivity contribution is 5.23. The SMILES string of the molecule is CC.CC.CCCC(C)CC.Cc1ccccc1C. The maximum atomic E-state index is 2.31. The first kappa shape index (κ1) is 23.3. The van der Waals surface area contributed by atoms with Gasteiger partial charge >= 0.3 is 0 Å². The molecule has 0 aliphatic carbocycles. The molecule has 1 aromatic carbocycles. The first-order chi connectivity index (χ1) is 9.11. The van der Waals surface area contributed by atoms with Crippen molar-refractivity contribution in [2.75, 3.05) is 0 Å². The minimum absolute atomic E-state index is 0.949. The van der Waals surface area contributed by atoms with Crippen molar-refractivity contribution in [2.24, 2.45) is 5.92 Å². The zero-order valence-corrected chi connectivity index (χ0v) is 15.0. The Labute approximate surface area is 123 Å². The Balaban J connectivity index is -0.000000215. The molecule has 0 fully saturated rings. The zero-order valence-electron chi connectivity index (χ0n) is 15.0. The summed E-state index contributed by atoms with van der Waals surface area (Å²) >= 11 is 0. The molecule has 1 atom stereocenters. The van der Waals surface area contributed by atoms with Gasteiger partial charge in [0.15, 0.2) is 0 Å².